The smallest absolute Gasteiger partial charge is 0.161 e. The van der Waals surface area contributed by atoms with E-state index in [2.05, 4.69) is 5.32 Å². The van der Waals surface area contributed by atoms with Crippen LogP contribution in [0.4, 0.5) is 5.69 Å². The fourth-order valence-electron chi connectivity index (χ4n) is 2.87. The molecule has 1 N–H and O–H groups in total. The van der Waals surface area contributed by atoms with Crippen LogP contribution in [0.2, 0.25) is 5.02 Å². The molecule has 3 nitrogen and oxygen atoms in total. The number of anilines is 1. The molecule has 1 aliphatic carbocycles. The summed E-state index contributed by atoms with van der Waals surface area (Å²) in [7, 11) is 1.63. The molecule has 1 heterocycles. The third-order valence-electron chi connectivity index (χ3n) is 4.00. The van der Waals surface area contributed by atoms with Gasteiger partial charge in [0.25, 0.3) is 0 Å². The topological polar surface area (TPSA) is 33.6 Å². The van der Waals surface area contributed by atoms with E-state index in [-0.39, 0.29) is 5.54 Å². The lowest BCUT2D eigenvalue weighted by atomic mass is 9.84. The molecule has 108 valence electrons. The maximum absolute atomic E-state index is 6.04. The molecule has 1 fully saturated rings. The quantitative estimate of drug-likeness (QED) is 0.869. The Hall–Kier alpha value is -0.870. The van der Waals surface area contributed by atoms with E-state index in [1.807, 2.05) is 30.0 Å². The zero-order valence-corrected chi connectivity index (χ0v) is 13.2. The first kappa shape index (κ1) is 14.1. The van der Waals surface area contributed by atoms with Crippen LogP contribution in [0.15, 0.2) is 23.2 Å². The molecule has 1 aliphatic heterocycles. The van der Waals surface area contributed by atoms with Gasteiger partial charge in [0.15, 0.2) is 5.17 Å². The molecule has 0 bridgehead atoms. The van der Waals surface area contributed by atoms with E-state index >= 15 is 0 Å². The van der Waals surface area contributed by atoms with E-state index in [9.17, 15) is 0 Å². The van der Waals surface area contributed by atoms with E-state index in [1.165, 1.54) is 32.1 Å². The number of thioether (sulfide) groups is 1. The lowest BCUT2D eigenvalue weighted by molar-refractivity contribution is 0.335. The summed E-state index contributed by atoms with van der Waals surface area (Å²) in [6.45, 7) is 0. The van der Waals surface area contributed by atoms with Gasteiger partial charge in [-0.1, -0.05) is 42.6 Å². The van der Waals surface area contributed by atoms with Crippen molar-refractivity contribution >= 4 is 34.2 Å². The number of methoxy groups -OCH3 is 1. The van der Waals surface area contributed by atoms with Crippen molar-refractivity contribution in [2.24, 2.45) is 4.99 Å². The molecule has 0 radical (unpaired) electrons. The fourth-order valence-corrected chi connectivity index (χ4v) is 4.28. The van der Waals surface area contributed by atoms with Crippen LogP contribution in [0.5, 0.6) is 5.75 Å². The van der Waals surface area contributed by atoms with Gasteiger partial charge in [0.05, 0.1) is 17.7 Å². The highest BCUT2D eigenvalue weighted by atomic mass is 35.5. The number of aliphatic imine (C=N–C) groups is 1. The van der Waals surface area contributed by atoms with E-state index < -0.39 is 0 Å². The number of hydrogen-bond donors (Lipinski definition) is 1. The maximum Gasteiger partial charge on any atom is 0.161 e. The van der Waals surface area contributed by atoms with Crippen molar-refractivity contribution in [3.05, 3.63) is 23.2 Å². The molecule has 1 aromatic rings. The van der Waals surface area contributed by atoms with Gasteiger partial charge in [-0.2, -0.15) is 0 Å². The van der Waals surface area contributed by atoms with Crippen LogP contribution in [-0.2, 0) is 0 Å². The van der Waals surface area contributed by atoms with Crippen LogP contribution in [-0.4, -0.2) is 23.6 Å². The van der Waals surface area contributed by atoms with Crippen molar-refractivity contribution in [2.45, 2.75) is 37.6 Å². The standard InChI is InChI=1S/C15H19ClN2OS/c1-19-13-9-11(5-6-12(13)16)17-14-18-15(10-20-14)7-3-2-4-8-15/h5-6,9H,2-4,7-8,10H2,1H3,(H,17,18). The largest absolute Gasteiger partial charge is 0.495 e. The van der Waals surface area contributed by atoms with E-state index in [1.54, 1.807) is 7.11 Å². The van der Waals surface area contributed by atoms with E-state index in [4.69, 9.17) is 21.3 Å². The third kappa shape index (κ3) is 2.91. The monoisotopic (exact) mass is 310 g/mol. The highest BCUT2D eigenvalue weighted by Crippen LogP contribution is 2.40. The van der Waals surface area contributed by atoms with Gasteiger partial charge in [-0.05, 0) is 25.0 Å². The van der Waals surface area contributed by atoms with Crippen LogP contribution in [0, 0.1) is 0 Å². The highest BCUT2D eigenvalue weighted by Gasteiger charge is 2.36. The average molecular weight is 311 g/mol. The second-order valence-electron chi connectivity index (χ2n) is 5.46. The third-order valence-corrected chi connectivity index (χ3v) is 5.46. The molecule has 0 unspecified atom stereocenters. The Labute approximate surface area is 129 Å². The fraction of sp³-hybridized carbons (Fsp3) is 0.533. The van der Waals surface area contributed by atoms with Crippen LogP contribution in [0.3, 0.4) is 0 Å². The highest BCUT2D eigenvalue weighted by molar-refractivity contribution is 8.14. The Morgan fingerprint density at radius 3 is 2.85 bits per heavy atom. The Balaban J connectivity index is 1.73. The molecule has 2 aliphatic rings. The Bertz CT molecular complexity index is 527. The minimum absolute atomic E-state index is 0.196. The first-order valence-electron chi connectivity index (χ1n) is 7.04. The van der Waals surface area contributed by atoms with Gasteiger partial charge < -0.3 is 10.1 Å². The first-order valence-corrected chi connectivity index (χ1v) is 8.40. The number of benzene rings is 1. The molecule has 0 aromatic heterocycles. The molecule has 0 saturated heterocycles. The Morgan fingerprint density at radius 1 is 1.30 bits per heavy atom. The van der Waals surface area contributed by atoms with Crippen LogP contribution < -0.4 is 10.1 Å². The van der Waals surface area contributed by atoms with Crippen LogP contribution in [0.1, 0.15) is 32.1 Å². The molecular weight excluding hydrogens is 292 g/mol. The molecular formula is C15H19ClN2OS. The van der Waals surface area contributed by atoms with E-state index in [0.29, 0.717) is 10.8 Å². The van der Waals surface area contributed by atoms with Gasteiger partial charge in [-0.25, -0.2) is 0 Å². The molecule has 1 saturated carbocycles. The zero-order valence-electron chi connectivity index (χ0n) is 11.6. The predicted octanol–water partition coefficient (Wildman–Crippen LogP) is 4.57. The number of rotatable bonds is 2. The van der Waals surface area contributed by atoms with E-state index in [0.717, 1.165) is 16.6 Å². The zero-order chi connectivity index (χ0) is 14.0. The predicted molar refractivity (Wildman–Crippen MR) is 87.3 cm³/mol. The second kappa shape index (κ2) is 5.86. The Morgan fingerprint density at radius 2 is 2.10 bits per heavy atom. The lowest BCUT2D eigenvalue weighted by Crippen LogP contribution is -2.29. The van der Waals surface area contributed by atoms with Crippen LogP contribution in [0.25, 0.3) is 0 Å². The van der Waals surface area contributed by atoms with Gasteiger partial charge in [0.1, 0.15) is 5.75 Å². The summed E-state index contributed by atoms with van der Waals surface area (Å²) in [4.78, 5) is 4.95. The summed E-state index contributed by atoms with van der Waals surface area (Å²) >= 11 is 7.87. The van der Waals surface area contributed by atoms with Gasteiger partial charge in [0.2, 0.25) is 0 Å². The van der Waals surface area contributed by atoms with Crippen molar-refractivity contribution in [1.29, 1.82) is 0 Å². The summed E-state index contributed by atoms with van der Waals surface area (Å²) in [6.07, 6.45) is 6.45. The number of amidine groups is 1. The van der Waals surface area contributed by atoms with Gasteiger partial charge in [-0.3, -0.25) is 4.99 Å². The van der Waals surface area contributed by atoms with Crippen molar-refractivity contribution in [3.63, 3.8) is 0 Å². The summed E-state index contributed by atoms with van der Waals surface area (Å²) in [5, 5.41) is 5.04. The number of hydrogen-bond acceptors (Lipinski definition) is 4. The lowest BCUT2D eigenvalue weighted by Gasteiger charge is -2.29. The first-order chi connectivity index (χ1) is 9.71. The molecule has 1 aromatic carbocycles. The van der Waals surface area contributed by atoms with Crippen molar-refractivity contribution < 1.29 is 4.74 Å². The minimum Gasteiger partial charge on any atom is -0.495 e. The van der Waals surface area contributed by atoms with Gasteiger partial charge in [-0.15, -0.1) is 0 Å². The van der Waals surface area contributed by atoms with Gasteiger partial charge >= 0.3 is 0 Å². The summed E-state index contributed by atoms with van der Waals surface area (Å²) in [5.41, 5.74) is 1.17. The molecule has 1 spiro atoms. The molecule has 20 heavy (non-hydrogen) atoms. The number of nitrogens with zero attached hydrogens (tertiary/aromatic N) is 1. The van der Waals surface area contributed by atoms with Crippen molar-refractivity contribution in [3.8, 4) is 5.75 Å². The van der Waals surface area contributed by atoms with Crippen molar-refractivity contribution in [2.75, 3.05) is 18.2 Å². The number of nitrogens with one attached hydrogen (secondary N) is 1. The molecule has 0 atom stereocenters. The maximum atomic E-state index is 6.04. The number of ether oxygens (including phenoxy) is 1. The molecule has 5 heteroatoms. The Kier molecular flexibility index (Phi) is 4.13. The van der Waals surface area contributed by atoms with Crippen molar-refractivity contribution in [1.82, 2.24) is 0 Å². The normalized spacial score (nSPS) is 20.8. The number of halogens is 1. The molecule has 3 rings (SSSR count). The summed E-state index contributed by atoms with van der Waals surface area (Å²) < 4.78 is 5.24. The summed E-state index contributed by atoms with van der Waals surface area (Å²) in [6, 6.07) is 5.72. The minimum atomic E-state index is 0.196. The second-order valence-corrected chi connectivity index (χ2v) is 6.84. The average Bonchev–Trinajstić information content (AvgIpc) is 2.84. The molecule has 0 amide bonds. The summed E-state index contributed by atoms with van der Waals surface area (Å²) in [5.74, 6) is 1.80. The van der Waals surface area contributed by atoms with Crippen LogP contribution >= 0.6 is 23.4 Å². The van der Waals surface area contributed by atoms with Gasteiger partial charge in [0, 0.05) is 17.5 Å². The SMILES string of the molecule is COc1cc(NC2=NC3(CCCCC3)CS2)ccc1Cl.